The van der Waals surface area contributed by atoms with Gasteiger partial charge in [-0.1, -0.05) is 32.0 Å². The van der Waals surface area contributed by atoms with Crippen LogP contribution in [0.2, 0.25) is 0 Å². The van der Waals surface area contributed by atoms with E-state index in [1.165, 1.54) is 5.56 Å². The highest BCUT2D eigenvalue weighted by Gasteiger charge is 2.15. The first-order valence-electron chi connectivity index (χ1n) is 7.75. The molecule has 0 unspecified atom stereocenters. The third-order valence-corrected chi connectivity index (χ3v) is 3.66. The molecule has 0 radical (unpaired) electrons. The average molecular weight is 277 g/mol. The van der Waals surface area contributed by atoms with Crippen molar-refractivity contribution in [1.82, 2.24) is 5.32 Å². The highest BCUT2D eigenvalue weighted by atomic mass is 16.5. The molecular formula is C17H27NO2. The predicted molar refractivity (Wildman–Crippen MR) is 82.0 cm³/mol. The summed E-state index contributed by atoms with van der Waals surface area (Å²) in [7, 11) is 0. The minimum absolute atomic E-state index is 0.639. The van der Waals surface area contributed by atoms with E-state index in [4.69, 9.17) is 9.47 Å². The van der Waals surface area contributed by atoms with E-state index in [1.54, 1.807) is 0 Å². The fraction of sp³-hybridized carbons (Fsp3) is 0.647. The number of nitrogens with one attached hydrogen (secondary N) is 1. The smallest absolute Gasteiger partial charge is 0.123 e. The molecule has 1 aromatic carbocycles. The van der Waals surface area contributed by atoms with Crippen molar-refractivity contribution in [2.75, 3.05) is 26.4 Å². The summed E-state index contributed by atoms with van der Waals surface area (Å²) in [5.41, 5.74) is 1.25. The van der Waals surface area contributed by atoms with Gasteiger partial charge in [-0.05, 0) is 37.3 Å². The fourth-order valence-corrected chi connectivity index (χ4v) is 2.41. The lowest BCUT2D eigenvalue weighted by atomic mass is 10.0. The topological polar surface area (TPSA) is 30.5 Å². The number of para-hydroxylation sites is 1. The lowest BCUT2D eigenvalue weighted by Crippen LogP contribution is -2.22. The number of hydrogen-bond donors (Lipinski definition) is 1. The second kappa shape index (κ2) is 8.28. The highest BCUT2D eigenvalue weighted by Crippen LogP contribution is 2.21. The van der Waals surface area contributed by atoms with E-state index in [0.717, 1.165) is 51.5 Å². The second-order valence-corrected chi connectivity index (χ2v) is 6.00. The molecule has 0 aromatic heterocycles. The molecule has 20 heavy (non-hydrogen) atoms. The molecule has 1 aromatic rings. The zero-order chi connectivity index (χ0) is 14.2. The predicted octanol–water partition coefficient (Wildman–Crippen LogP) is 3.24. The maximum Gasteiger partial charge on any atom is 0.123 e. The molecule has 3 nitrogen and oxygen atoms in total. The Morgan fingerprint density at radius 2 is 2.00 bits per heavy atom. The van der Waals surface area contributed by atoms with Gasteiger partial charge in [0.1, 0.15) is 5.75 Å². The molecule has 2 rings (SSSR count). The van der Waals surface area contributed by atoms with E-state index in [-0.39, 0.29) is 0 Å². The van der Waals surface area contributed by atoms with Crippen LogP contribution < -0.4 is 10.1 Å². The summed E-state index contributed by atoms with van der Waals surface area (Å²) >= 11 is 0. The summed E-state index contributed by atoms with van der Waals surface area (Å²) in [6.07, 6.45) is 2.24. The minimum atomic E-state index is 0.639. The van der Waals surface area contributed by atoms with Gasteiger partial charge < -0.3 is 14.8 Å². The van der Waals surface area contributed by atoms with Crippen molar-refractivity contribution in [2.45, 2.75) is 33.2 Å². The SMILES string of the molecule is CC(C)CNCc1ccccc1OCC1CCOCC1. The fourth-order valence-electron chi connectivity index (χ4n) is 2.41. The van der Waals surface area contributed by atoms with Crippen molar-refractivity contribution in [3.05, 3.63) is 29.8 Å². The molecule has 0 spiro atoms. The zero-order valence-electron chi connectivity index (χ0n) is 12.7. The first-order chi connectivity index (χ1) is 9.75. The van der Waals surface area contributed by atoms with E-state index in [0.29, 0.717) is 11.8 Å². The van der Waals surface area contributed by atoms with Crippen LogP contribution in [0.1, 0.15) is 32.3 Å². The van der Waals surface area contributed by atoms with Gasteiger partial charge in [0, 0.05) is 25.3 Å². The van der Waals surface area contributed by atoms with Gasteiger partial charge in [0.2, 0.25) is 0 Å². The number of rotatable bonds is 7. The summed E-state index contributed by atoms with van der Waals surface area (Å²) in [5.74, 6) is 2.33. The Morgan fingerprint density at radius 1 is 1.25 bits per heavy atom. The Labute approximate surface area is 122 Å². The van der Waals surface area contributed by atoms with E-state index in [9.17, 15) is 0 Å². The lowest BCUT2D eigenvalue weighted by Gasteiger charge is -2.23. The summed E-state index contributed by atoms with van der Waals surface area (Å²) in [6.45, 7) is 8.93. The van der Waals surface area contributed by atoms with Gasteiger partial charge in [0.25, 0.3) is 0 Å². The van der Waals surface area contributed by atoms with Crippen LogP contribution in [0.25, 0.3) is 0 Å². The van der Waals surface area contributed by atoms with Crippen LogP contribution in [0.5, 0.6) is 5.75 Å². The third kappa shape index (κ3) is 5.14. The van der Waals surface area contributed by atoms with Crippen molar-refractivity contribution in [2.24, 2.45) is 11.8 Å². The summed E-state index contributed by atoms with van der Waals surface area (Å²) in [5, 5.41) is 3.48. The van der Waals surface area contributed by atoms with E-state index >= 15 is 0 Å². The molecule has 0 saturated carbocycles. The summed E-state index contributed by atoms with van der Waals surface area (Å²) < 4.78 is 11.4. The van der Waals surface area contributed by atoms with Crippen LogP contribution in [0.15, 0.2) is 24.3 Å². The van der Waals surface area contributed by atoms with Crippen LogP contribution in [0.3, 0.4) is 0 Å². The van der Waals surface area contributed by atoms with Crippen LogP contribution in [0, 0.1) is 11.8 Å². The van der Waals surface area contributed by atoms with Gasteiger partial charge >= 0.3 is 0 Å². The van der Waals surface area contributed by atoms with Crippen molar-refractivity contribution < 1.29 is 9.47 Å². The first kappa shape index (κ1) is 15.3. The Bertz CT molecular complexity index is 386. The molecule has 1 aliphatic heterocycles. The van der Waals surface area contributed by atoms with Crippen molar-refractivity contribution >= 4 is 0 Å². The Kier molecular flexibility index (Phi) is 6.34. The van der Waals surface area contributed by atoms with Crippen molar-refractivity contribution in [3.63, 3.8) is 0 Å². The maximum atomic E-state index is 6.04. The monoisotopic (exact) mass is 277 g/mol. The van der Waals surface area contributed by atoms with Crippen LogP contribution in [0.4, 0.5) is 0 Å². The summed E-state index contributed by atoms with van der Waals surface area (Å²) in [6, 6.07) is 8.34. The van der Waals surface area contributed by atoms with Gasteiger partial charge in [-0.25, -0.2) is 0 Å². The maximum absolute atomic E-state index is 6.04. The van der Waals surface area contributed by atoms with E-state index in [2.05, 4.69) is 37.4 Å². The zero-order valence-corrected chi connectivity index (χ0v) is 12.7. The van der Waals surface area contributed by atoms with Crippen LogP contribution in [-0.2, 0) is 11.3 Å². The number of ether oxygens (including phenoxy) is 2. The van der Waals surface area contributed by atoms with E-state index < -0.39 is 0 Å². The van der Waals surface area contributed by atoms with Gasteiger partial charge in [-0.2, -0.15) is 0 Å². The largest absolute Gasteiger partial charge is 0.493 e. The molecule has 0 bridgehead atoms. The van der Waals surface area contributed by atoms with Gasteiger partial charge in [-0.3, -0.25) is 0 Å². The standard InChI is InChI=1S/C17H27NO2/c1-14(2)11-18-12-16-5-3-4-6-17(16)20-13-15-7-9-19-10-8-15/h3-6,14-15,18H,7-13H2,1-2H3. The van der Waals surface area contributed by atoms with Gasteiger partial charge in [0.15, 0.2) is 0 Å². The Hall–Kier alpha value is -1.06. The quantitative estimate of drug-likeness (QED) is 0.830. The first-order valence-corrected chi connectivity index (χ1v) is 7.75. The van der Waals surface area contributed by atoms with Crippen LogP contribution >= 0.6 is 0 Å². The molecular weight excluding hydrogens is 250 g/mol. The normalized spacial score (nSPS) is 16.6. The number of hydrogen-bond acceptors (Lipinski definition) is 3. The Balaban J connectivity index is 1.83. The van der Waals surface area contributed by atoms with Crippen molar-refractivity contribution in [3.8, 4) is 5.75 Å². The molecule has 0 amide bonds. The molecule has 1 fully saturated rings. The summed E-state index contributed by atoms with van der Waals surface area (Å²) in [4.78, 5) is 0. The van der Waals surface area contributed by atoms with Gasteiger partial charge in [-0.15, -0.1) is 0 Å². The van der Waals surface area contributed by atoms with E-state index in [1.807, 2.05) is 6.07 Å². The molecule has 0 aliphatic carbocycles. The highest BCUT2D eigenvalue weighted by molar-refractivity contribution is 5.33. The molecule has 3 heteroatoms. The molecule has 112 valence electrons. The van der Waals surface area contributed by atoms with Gasteiger partial charge in [0.05, 0.1) is 6.61 Å². The lowest BCUT2D eigenvalue weighted by molar-refractivity contribution is 0.0496. The molecule has 1 heterocycles. The molecule has 1 saturated heterocycles. The third-order valence-electron chi connectivity index (χ3n) is 3.66. The van der Waals surface area contributed by atoms with Crippen molar-refractivity contribution in [1.29, 1.82) is 0 Å². The van der Waals surface area contributed by atoms with Crippen LogP contribution in [-0.4, -0.2) is 26.4 Å². The molecule has 0 atom stereocenters. The molecule has 1 N–H and O–H groups in total. The molecule has 1 aliphatic rings. The average Bonchev–Trinajstić information content (AvgIpc) is 2.47. The minimum Gasteiger partial charge on any atom is -0.493 e. The Morgan fingerprint density at radius 3 is 2.75 bits per heavy atom. The second-order valence-electron chi connectivity index (χ2n) is 6.00. The number of benzene rings is 1.